The molecule has 188 valence electrons. The van der Waals surface area contributed by atoms with Gasteiger partial charge in [-0.3, -0.25) is 0 Å². The van der Waals surface area contributed by atoms with Gasteiger partial charge in [0.1, 0.15) is 0 Å². The second-order valence-corrected chi connectivity index (χ2v) is 11.6. The molecule has 2 atom stereocenters. The van der Waals surface area contributed by atoms with Crippen LogP contribution in [0.1, 0.15) is 163 Å². The zero-order valence-electron chi connectivity index (χ0n) is 22.9. The first-order valence-electron chi connectivity index (χ1n) is 14.8. The minimum Gasteiger partial charge on any atom is -0.100 e. The van der Waals surface area contributed by atoms with Crippen LogP contribution in [0.5, 0.6) is 0 Å². The Labute approximate surface area is 204 Å². The Bertz CT molecular complexity index is 466. The van der Waals surface area contributed by atoms with Gasteiger partial charge in [0.15, 0.2) is 0 Å². The predicted molar refractivity (Wildman–Crippen MR) is 147 cm³/mol. The SMILES string of the molecule is C=C(C)CCCCCCCC=C(CCCCCCCC(C)C)CC1CCCC[C@H]1CCC. The van der Waals surface area contributed by atoms with Crippen LogP contribution < -0.4 is 0 Å². The Kier molecular flexibility index (Phi) is 18.4. The summed E-state index contributed by atoms with van der Waals surface area (Å²) >= 11 is 0. The molecule has 1 aliphatic rings. The van der Waals surface area contributed by atoms with Gasteiger partial charge in [-0.2, -0.15) is 0 Å². The second kappa shape index (κ2) is 19.9. The molecular formula is C32H60. The summed E-state index contributed by atoms with van der Waals surface area (Å²) in [5, 5.41) is 0. The van der Waals surface area contributed by atoms with Crippen molar-refractivity contribution < 1.29 is 0 Å². The molecule has 1 saturated carbocycles. The third-order valence-corrected chi connectivity index (χ3v) is 7.77. The van der Waals surface area contributed by atoms with Crippen LogP contribution in [0.15, 0.2) is 23.8 Å². The Morgan fingerprint density at radius 1 is 0.812 bits per heavy atom. The van der Waals surface area contributed by atoms with Gasteiger partial charge in [0.05, 0.1) is 0 Å². The maximum Gasteiger partial charge on any atom is -0.0289 e. The van der Waals surface area contributed by atoms with E-state index in [-0.39, 0.29) is 0 Å². The van der Waals surface area contributed by atoms with Gasteiger partial charge in [0.2, 0.25) is 0 Å². The smallest absolute Gasteiger partial charge is 0.0289 e. The minimum atomic E-state index is 0.877. The minimum absolute atomic E-state index is 0.877. The maximum atomic E-state index is 4.03. The van der Waals surface area contributed by atoms with E-state index in [0.717, 1.165) is 17.8 Å². The Morgan fingerprint density at radius 2 is 1.41 bits per heavy atom. The van der Waals surface area contributed by atoms with Crippen LogP contribution >= 0.6 is 0 Å². The monoisotopic (exact) mass is 444 g/mol. The first-order chi connectivity index (χ1) is 15.5. The zero-order chi connectivity index (χ0) is 23.4. The highest BCUT2D eigenvalue weighted by molar-refractivity contribution is 5.04. The standard InChI is InChI=1S/C32H60/c1-6-20-31-25-18-19-26-32(31)27-30(24-17-13-9-11-15-22-29(4)5)23-16-12-8-7-10-14-21-28(2)3/h23,29,31-32H,2,6-22,24-27H2,1,3-5H3/t31-,32?/m1/s1. The van der Waals surface area contributed by atoms with E-state index in [1.54, 1.807) is 0 Å². The lowest BCUT2D eigenvalue weighted by Crippen LogP contribution is -2.20. The van der Waals surface area contributed by atoms with Gasteiger partial charge < -0.3 is 0 Å². The van der Waals surface area contributed by atoms with Crippen LogP contribution in [-0.2, 0) is 0 Å². The van der Waals surface area contributed by atoms with Gasteiger partial charge in [-0.1, -0.05) is 121 Å². The summed E-state index contributed by atoms with van der Waals surface area (Å²) in [6.07, 6.45) is 32.5. The highest BCUT2D eigenvalue weighted by Gasteiger charge is 2.24. The summed E-state index contributed by atoms with van der Waals surface area (Å²) in [5.41, 5.74) is 3.18. The third kappa shape index (κ3) is 16.1. The van der Waals surface area contributed by atoms with Crippen molar-refractivity contribution in [1.82, 2.24) is 0 Å². The fourth-order valence-electron chi connectivity index (χ4n) is 5.77. The van der Waals surface area contributed by atoms with Crippen LogP contribution in [0, 0.1) is 17.8 Å². The molecule has 0 N–H and O–H groups in total. The summed E-state index contributed by atoms with van der Waals surface area (Å²) in [4.78, 5) is 0. The van der Waals surface area contributed by atoms with Gasteiger partial charge in [0.25, 0.3) is 0 Å². The number of unbranched alkanes of at least 4 members (excludes halogenated alkanes) is 9. The topological polar surface area (TPSA) is 0 Å². The van der Waals surface area contributed by atoms with Gasteiger partial charge in [-0.25, -0.2) is 0 Å². The molecule has 0 spiro atoms. The van der Waals surface area contributed by atoms with Crippen molar-refractivity contribution >= 4 is 0 Å². The summed E-state index contributed by atoms with van der Waals surface area (Å²) in [7, 11) is 0. The largest absolute Gasteiger partial charge is 0.100 e. The van der Waals surface area contributed by atoms with Crippen molar-refractivity contribution in [3.63, 3.8) is 0 Å². The summed E-state index contributed by atoms with van der Waals surface area (Å²) < 4.78 is 0. The van der Waals surface area contributed by atoms with Gasteiger partial charge in [-0.05, 0) is 76.0 Å². The molecule has 0 radical (unpaired) electrons. The summed E-state index contributed by atoms with van der Waals surface area (Å²) in [6, 6.07) is 0. The molecule has 0 heterocycles. The highest BCUT2D eigenvalue weighted by atomic mass is 14.3. The van der Waals surface area contributed by atoms with Crippen molar-refractivity contribution in [3.05, 3.63) is 23.8 Å². The predicted octanol–water partition coefficient (Wildman–Crippen LogP) is 11.6. The fraction of sp³-hybridized carbons (Fsp3) is 0.875. The summed E-state index contributed by atoms with van der Waals surface area (Å²) in [6.45, 7) is 13.3. The van der Waals surface area contributed by atoms with Gasteiger partial charge >= 0.3 is 0 Å². The molecule has 0 heteroatoms. The van der Waals surface area contributed by atoms with E-state index in [4.69, 9.17) is 0 Å². The molecule has 1 unspecified atom stereocenters. The molecule has 1 aliphatic carbocycles. The van der Waals surface area contributed by atoms with E-state index >= 15 is 0 Å². The zero-order valence-corrected chi connectivity index (χ0v) is 22.9. The van der Waals surface area contributed by atoms with Crippen molar-refractivity contribution in [3.8, 4) is 0 Å². The van der Waals surface area contributed by atoms with Crippen LogP contribution in [0.2, 0.25) is 0 Å². The molecule has 0 amide bonds. The molecule has 0 bridgehead atoms. The van der Waals surface area contributed by atoms with E-state index in [9.17, 15) is 0 Å². The lowest BCUT2D eigenvalue weighted by Gasteiger charge is -2.32. The van der Waals surface area contributed by atoms with Crippen molar-refractivity contribution in [2.75, 3.05) is 0 Å². The molecule has 0 aromatic rings. The first kappa shape index (κ1) is 29.5. The van der Waals surface area contributed by atoms with E-state index in [1.807, 2.05) is 5.57 Å². The lowest BCUT2D eigenvalue weighted by atomic mass is 9.73. The average molecular weight is 445 g/mol. The average Bonchev–Trinajstić information content (AvgIpc) is 2.75. The number of hydrogen-bond donors (Lipinski definition) is 0. The molecule has 0 nitrogen and oxygen atoms in total. The Hall–Kier alpha value is -0.520. The highest BCUT2D eigenvalue weighted by Crippen LogP contribution is 2.38. The van der Waals surface area contributed by atoms with E-state index in [0.29, 0.717) is 0 Å². The molecule has 1 rings (SSSR count). The fourth-order valence-corrected chi connectivity index (χ4v) is 5.77. The van der Waals surface area contributed by atoms with E-state index < -0.39 is 0 Å². The van der Waals surface area contributed by atoms with E-state index in [2.05, 4.69) is 40.3 Å². The first-order valence-corrected chi connectivity index (χ1v) is 14.8. The summed E-state index contributed by atoms with van der Waals surface area (Å²) in [5.74, 6) is 2.88. The molecule has 1 fully saturated rings. The molecule has 32 heavy (non-hydrogen) atoms. The number of allylic oxidation sites excluding steroid dienone is 3. The van der Waals surface area contributed by atoms with Crippen LogP contribution in [0.3, 0.4) is 0 Å². The normalized spacial score (nSPS) is 19.6. The molecule has 0 saturated heterocycles. The van der Waals surface area contributed by atoms with Crippen molar-refractivity contribution in [2.24, 2.45) is 17.8 Å². The van der Waals surface area contributed by atoms with Gasteiger partial charge in [0, 0.05) is 0 Å². The second-order valence-electron chi connectivity index (χ2n) is 11.6. The Morgan fingerprint density at radius 3 is 2.06 bits per heavy atom. The van der Waals surface area contributed by atoms with Crippen LogP contribution in [0.4, 0.5) is 0 Å². The Balaban J connectivity index is 2.39. The molecular weight excluding hydrogens is 384 g/mol. The molecule has 0 aromatic heterocycles. The van der Waals surface area contributed by atoms with Gasteiger partial charge in [-0.15, -0.1) is 6.58 Å². The maximum absolute atomic E-state index is 4.03. The quantitative estimate of drug-likeness (QED) is 0.129. The van der Waals surface area contributed by atoms with Crippen LogP contribution in [0.25, 0.3) is 0 Å². The molecule has 0 aliphatic heterocycles. The third-order valence-electron chi connectivity index (χ3n) is 7.77. The number of hydrogen-bond acceptors (Lipinski definition) is 0. The van der Waals surface area contributed by atoms with Crippen molar-refractivity contribution in [1.29, 1.82) is 0 Å². The lowest BCUT2D eigenvalue weighted by molar-refractivity contribution is 0.219. The van der Waals surface area contributed by atoms with Crippen molar-refractivity contribution in [2.45, 2.75) is 163 Å². The number of rotatable bonds is 20. The van der Waals surface area contributed by atoms with Crippen LogP contribution in [-0.4, -0.2) is 0 Å². The van der Waals surface area contributed by atoms with E-state index in [1.165, 1.54) is 140 Å². The molecule has 0 aromatic carbocycles.